The monoisotopic (exact) mass is 432 g/mol. The third kappa shape index (κ3) is 3.37. The molecule has 0 aliphatic carbocycles. The van der Waals surface area contributed by atoms with Gasteiger partial charge in [-0.2, -0.15) is 0 Å². The smallest absolute Gasteiger partial charge is 0.227 e. The van der Waals surface area contributed by atoms with E-state index in [1.807, 2.05) is 12.1 Å². The summed E-state index contributed by atoms with van der Waals surface area (Å²) in [5.41, 5.74) is 4.32. The molecule has 1 N–H and O–H groups in total. The molecule has 0 saturated heterocycles. The first-order valence-corrected chi connectivity index (χ1v) is 9.48. The standard InChI is InChI=1S/C19H18BrClN4O/c1-25-4-3-11-7-18(26-2)17(6-13(11)10-25)24-19-22-9-12-5-15(21)14(20)8-16(12)23-19/h5-9H,3-4,10H2,1-2H3,(H,22,23,24). The van der Waals surface area contributed by atoms with Crippen LogP contribution in [0.2, 0.25) is 5.02 Å². The predicted molar refractivity (Wildman–Crippen MR) is 109 cm³/mol. The van der Waals surface area contributed by atoms with Crippen LogP contribution >= 0.6 is 27.5 Å². The van der Waals surface area contributed by atoms with E-state index in [9.17, 15) is 0 Å². The molecule has 1 aliphatic heterocycles. The normalized spacial score (nSPS) is 14.3. The molecule has 0 bridgehead atoms. The topological polar surface area (TPSA) is 50.3 Å². The van der Waals surface area contributed by atoms with Gasteiger partial charge in [-0.1, -0.05) is 11.6 Å². The van der Waals surface area contributed by atoms with Crippen molar-refractivity contribution in [2.24, 2.45) is 0 Å². The largest absolute Gasteiger partial charge is 0.495 e. The maximum Gasteiger partial charge on any atom is 0.227 e. The van der Waals surface area contributed by atoms with Crippen LogP contribution in [-0.4, -0.2) is 35.6 Å². The molecule has 1 aromatic heterocycles. The van der Waals surface area contributed by atoms with Gasteiger partial charge in [0.05, 0.1) is 23.3 Å². The van der Waals surface area contributed by atoms with Gasteiger partial charge in [-0.05, 0) is 64.8 Å². The van der Waals surface area contributed by atoms with E-state index in [0.717, 1.165) is 46.3 Å². The van der Waals surface area contributed by atoms with Crippen molar-refractivity contribution in [1.29, 1.82) is 0 Å². The van der Waals surface area contributed by atoms with E-state index in [-0.39, 0.29) is 0 Å². The number of rotatable bonds is 3. The van der Waals surface area contributed by atoms with Gasteiger partial charge >= 0.3 is 0 Å². The van der Waals surface area contributed by atoms with Crippen LogP contribution in [0.15, 0.2) is 34.9 Å². The average Bonchev–Trinajstić information content (AvgIpc) is 2.62. The maximum atomic E-state index is 6.14. The fourth-order valence-electron chi connectivity index (χ4n) is 3.20. The lowest BCUT2D eigenvalue weighted by Crippen LogP contribution is -2.26. The fraction of sp³-hybridized carbons (Fsp3) is 0.263. The summed E-state index contributed by atoms with van der Waals surface area (Å²) < 4.78 is 6.39. The molecule has 0 atom stereocenters. The van der Waals surface area contributed by atoms with E-state index in [4.69, 9.17) is 16.3 Å². The molecule has 5 nitrogen and oxygen atoms in total. The van der Waals surface area contributed by atoms with Crippen molar-refractivity contribution in [1.82, 2.24) is 14.9 Å². The number of hydrogen-bond donors (Lipinski definition) is 1. The molecule has 134 valence electrons. The van der Waals surface area contributed by atoms with Gasteiger partial charge in [-0.25, -0.2) is 9.97 Å². The number of nitrogens with one attached hydrogen (secondary N) is 1. The van der Waals surface area contributed by atoms with Crippen LogP contribution in [0.1, 0.15) is 11.1 Å². The molecule has 0 spiro atoms. The number of hydrogen-bond acceptors (Lipinski definition) is 5. The molecule has 3 aromatic rings. The Hall–Kier alpha value is -1.89. The van der Waals surface area contributed by atoms with Gasteiger partial charge in [-0.3, -0.25) is 0 Å². The highest BCUT2D eigenvalue weighted by Gasteiger charge is 2.17. The number of halogens is 2. The van der Waals surface area contributed by atoms with Crippen molar-refractivity contribution in [2.75, 3.05) is 26.0 Å². The Morgan fingerprint density at radius 3 is 2.88 bits per heavy atom. The van der Waals surface area contributed by atoms with Gasteiger partial charge in [0.15, 0.2) is 0 Å². The van der Waals surface area contributed by atoms with Crippen LogP contribution in [0, 0.1) is 0 Å². The molecule has 2 aromatic carbocycles. The van der Waals surface area contributed by atoms with Crippen LogP contribution in [0.25, 0.3) is 10.9 Å². The van der Waals surface area contributed by atoms with E-state index >= 15 is 0 Å². The Morgan fingerprint density at radius 1 is 1.23 bits per heavy atom. The highest BCUT2D eigenvalue weighted by atomic mass is 79.9. The lowest BCUT2D eigenvalue weighted by Gasteiger charge is -2.26. The number of methoxy groups -OCH3 is 1. The second-order valence-corrected chi connectivity index (χ2v) is 7.71. The van der Waals surface area contributed by atoms with Gasteiger partial charge in [0.25, 0.3) is 0 Å². The average molecular weight is 434 g/mol. The molecule has 2 heterocycles. The molecule has 0 radical (unpaired) electrons. The Balaban J connectivity index is 1.71. The zero-order valence-electron chi connectivity index (χ0n) is 14.5. The first kappa shape index (κ1) is 17.5. The van der Waals surface area contributed by atoms with Crippen molar-refractivity contribution in [2.45, 2.75) is 13.0 Å². The number of fused-ring (bicyclic) bond motifs is 2. The Bertz CT molecular complexity index is 995. The Kier molecular flexibility index (Phi) is 4.73. The van der Waals surface area contributed by atoms with Crippen LogP contribution in [0.3, 0.4) is 0 Å². The number of benzene rings is 2. The predicted octanol–water partition coefficient (Wildman–Crippen LogP) is 4.79. The molecular formula is C19H18BrClN4O. The van der Waals surface area contributed by atoms with Crippen molar-refractivity contribution < 1.29 is 4.74 Å². The number of aromatic nitrogens is 2. The number of anilines is 2. The van der Waals surface area contributed by atoms with Crippen molar-refractivity contribution in [3.05, 3.63) is 51.1 Å². The van der Waals surface area contributed by atoms with E-state index in [2.05, 4.69) is 55.3 Å². The molecule has 0 unspecified atom stereocenters. The van der Waals surface area contributed by atoms with Gasteiger partial charge in [0, 0.05) is 29.1 Å². The lowest BCUT2D eigenvalue weighted by atomic mass is 9.99. The minimum absolute atomic E-state index is 0.522. The minimum Gasteiger partial charge on any atom is -0.495 e. The molecular weight excluding hydrogens is 416 g/mol. The maximum absolute atomic E-state index is 6.14. The number of nitrogens with zero attached hydrogens (tertiary/aromatic N) is 3. The molecule has 0 fully saturated rings. The van der Waals surface area contributed by atoms with Crippen LogP contribution < -0.4 is 10.1 Å². The van der Waals surface area contributed by atoms with Gasteiger partial charge in [-0.15, -0.1) is 0 Å². The second kappa shape index (κ2) is 7.02. The summed E-state index contributed by atoms with van der Waals surface area (Å²) in [5, 5.41) is 4.83. The molecule has 0 amide bonds. The highest BCUT2D eigenvalue weighted by molar-refractivity contribution is 9.10. The second-order valence-electron chi connectivity index (χ2n) is 6.45. The van der Waals surface area contributed by atoms with Crippen LogP contribution in [0.5, 0.6) is 5.75 Å². The lowest BCUT2D eigenvalue weighted by molar-refractivity contribution is 0.312. The van der Waals surface area contributed by atoms with E-state index < -0.39 is 0 Å². The summed E-state index contributed by atoms with van der Waals surface area (Å²) in [6, 6.07) is 7.99. The summed E-state index contributed by atoms with van der Waals surface area (Å²) in [6.07, 6.45) is 2.80. The van der Waals surface area contributed by atoms with Crippen molar-refractivity contribution in [3.63, 3.8) is 0 Å². The van der Waals surface area contributed by atoms with Crippen LogP contribution in [-0.2, 0) is 13.0 Å². The molecule has 4 rings (SSSR count). The fourth-order valence-corrected chi connectivity index (χ4v) is 3.70. The van der Waals surface area contributed by atoms with Gasteiger partial charge in [0.1, 0.15) is 5.75 Å². The van der Waals surface area contributed by atoms with Crippen molar-refractivity contribution in [3.8, 4) is 5.75 Å². The molecule has 7 heteroatoms. The third-order valence-electron chi connectivity index (χ3n) is 4.59. The zero-order chi connectivity index (χ0) is 18.3. The van der Waals surface area contributed by atoms with E-state index in [1.54, 1.807) is 13.3 Å². The molecule has 26 heavy (non-hydrogen) atoms. The highest BCUT2D eigenvalue weighted by Crippen LogP contribution is 2.33. The molecule has 0 saturated carbocycles. The summed E-state index contributed by atoms with van der Waals surface area (Å²) in [4.78, 5) is 11.3. The number of ether oxygens (including phenoxy) is 1. The van der Waals surface area contributed by atoms with E-state index in [0.29, 0.717) is 11.0 Å². The summed E-state index contributed by atoms with van der Waals surface area (Å²) in [5.74, 6) is 1.32. The third-order valence-corrected chi connectivity index (χ3v) is 5.79. The molecule has 1 aliphatic rings. The Labute approximate surface area is 165 Å². The van der Waals surface area contributed by atoms with Crippen molar-refractivity contribution >= 4 is 50.1 Å². The van der Waals surface area contributed by atoms with Gasteiger partial charge in [0.2, 0.25) is 5.95 Å². The quantitative estimate of drug-likeness (QED) is 0.644. The Morgan fingerprint density at radius 2 is 2.08 bits per heavy atom. The zero-order valence-corrected chi connectivity index (χ0v) is 16.9. The van der Waals surface area contributed by atoms with Gasteiger partial charge < -0.3 is 15.0 Å². The summed E-state index contributed by atoms with van der Waals surface area (Å²) in [6.45, 7) is 1.99. The van der Waals surface area contributed by atoms with Crippen LogP contribution in [0.4, 0.5) is 11.6 Å². The number of likely N-dealkylation sites (N-methyl/N-ethyl adjacent to an activating group) is 1. The minimum atomic E-state index is 0.522. The summed E-state index contributed by atoms with van der Waals surface area (Å²) >= 11 is 9.58. The SMILES string of the molecule is COc1cc2c(cc1Nc1ncc3cc(Cl)c(Br)cc3n1)CN(C)CC2. The van der Waals surface area contributed by atoms with E-state index in [1.165, 1.54) is 11.1 Å². The first-order valence-electron chi connectivity index (χ1n) is 8.30. The first-order chi connectivity index (χ1) is 12.5. The summed E-state index contributed by atoms with van der Waals surface area (Å²) in [7, 11) is 3.82.